The Balaban J connectivity index is 2.28. The van der Waals surface area contributed by atoms with Crippen molar-refractivity contribution in [2.45, 2.75) is 25.9 Å². The number of rotatable bonds is 2. The van der Waals surface area contributed by atoms with Crippen LogP contribution in [0.3, 0.4) is 0 Å². The summed E-state index contributed by atoms with van der Waals surface area (Å²) in [4.78, 5) is 14.0. The zero-order valence-corrected chi connectivity index (χ0v) is 12.2. The molecule has 0 atom stereocenters. The van der Waals surface area contributed by atoms with Crippen LogP contribution in [-0.4, -0.2) is 41.1 Å². The summed E-state index contributed by atoms with van der Waals surface area (Å²) in [6.45, 7) is 5.29. The van der Waals surface area contributed by atoms with Crippen molar-refractivity contribution in [1.29, 1.82) is 0 Å². The Morgan fingerprint density at radius 2 is 2.24 bits per heavy atom. The van der Waals surface area contributed by atoms with Crippen LogP contribution >= 0.6 is 0 Å². The number of nitrogens with zero attached hydrogens (tertiary/aromatic N) is 1. The van der Waals surface area contributed by atoms with Crippen molar-refractivity contribution in [2.75, 3.05) is 19.7 Å². The fourth-order valence-electron chi connectivity index (χ4n) is 2.36. The summed E-state index contributed by atoms with van der Waals surface area (Å²) in [6.07, 6.45) is 0. The van der Waals surface area contributed by atoms with Gasteiger partial charge < -0.3 is 10.4 Å². The Morgan fingerprint density at radius 1 is 1.48 bits per heavy atom. The average Bonchev–Trinajstić information content (AvgIpc) is 2.44. The van der Waals surface area contributed by atoms with E-state index in [-0.39, 0.29) is 18.3 Å². The van der Waals surface area contributed by atoms with Crippen molar-refractivity contribution in [3.63, 3.8) is 0 Å². The molecule has 0 unspecified atom stereocenters. The van der Waals surface area contributed by atoms with Gasteiger partial charge in [-0.2, -0.15) is 0 Å². The first kappa shape index (κ1) is 15.5. The van der Waals surface area contributed by atoms with Gasteiger partial charge in [0.25, 0.3) is 0 Å². The molecule has 0 aromatic heterocycles. The van der Waals surface area contributed by atoms with E-state index >= 15 is 0 Å². The molecule has 0 spiro atoms. The lowest BCUT2D eigenvalue weighted by Gasteiger charge is -2.41. The Kier molecular flexibility index (Phi) is 4.61. The number of aliphatic hydroxyl groups is 1. The van der Waals surface area contributed by atoms with Crippen LogP contribution in [-0.2, 0) is 11.3 Å². The Bertz CT molecular complexity index is 602. The van der Waals surface area contributed by atoms with Gasteiger partial charge in [0.15, 0.2) is 0 Å². The molecule has 1 amide bonds. The second kappa shape index (κ2) is 6.25. The zero-order chi connectivity index (χ0) is 15.5. The number of aliphatic hydroxyl groups excluding tert-OH is 1. The lowest BCUT2D eigenvalue weighted by atomic mass is 9.97. The maximum Gasteiger partial charge on any atom is 0.240 e. The van der Waals surface area contributed by atoms with E-state index in [1.54, 1.807) is 6.07 Å². The SMILES string of the molecule is CC1(C)C(=O)NCCN1Cc1ccc(F)cc1C#CCO. The Morgan fingerprint density at radius 3 is 2.95 bits per heavy atom. The number of halogens is 1. The normalized spacial score (nSPS) is 17.8. The van der Waals surface area contributed by atoms with Crippen molar-refractivity contribution in [1.82, 2.24) is 10.2 Å². The van der Waals surface area contributed by atoms with Crippen molar-refractivity contribution < 1.29 is 14.3 Å². The molecule has 1 aromatic carbocycles. The van der Waals surface area contributed by atoms with E-state index in [0.29, 0.717) is 18.7 Å². The van der Waals surface area contributed by atoms with E-state index in [4.69, 9.17) is 5.11 Å². The van der Waals surface area contributed by atoms with Crippen LogP contribution < -0.4 is 5.32 Å². The summed E-state index contributed by atoms with van der Waals surface area (Å²) in [7, 11) is 0. The highest BCUT2D eigenvalue weighted by Crippen LogP contribution is 2.22. The molecular formula is C16H19FN2O2. The number of carbonyl (C=O) groups is 1. The van der Waals surface area contributed by atoms with Crippen LogP contribution in [0, 0.1) is 17.7 Å². The number of hydrogen-bond donors (Lipinski definition) is 2. The van der Waals surface area contributed by atoms with Crippen LogP contribution in [0.25, 0.3) is 0 Å². The molecule has 1 saturated heterocycles. The fraction of sp³-hybridized carbons (Fsp3) is 0.438. The lowest BCUT2D eigenvalue weighted by Crippen LogP contribution is -2.61. The summed E-state index contributed by atoms with van der Waals surface area (Å²) in [5, 5.41) is 11.6. The predicted molar refractivity (Wildman–Crippen MR) is 77.9 cm³/mol. The highest BCUT2D eigenvalue weighted by molar-refractivity contribution is 5.86. The second-order valence-corrected chi connectivity index (χ2v) is 5.50. The first-order valence-corrected chi connectivity index (χ1v) is 6.86. The first-order valence-electron chi connectivity index (χ1n) is 6.86. The smallest absolute Gasteiger partial charge is 0.240 e. The second-order valence-electron chi connectivity index (χ2n) is 5.50. The molecule has 0 saturated carbocycles. The summed E-state index contributed by atoms with van der Waals surface area (Å²) < 4.78 is 13.4. The van der Waals surface area contributed by atoms with Gasteiger partial charge in [0.05, 0.1) is 5.54 Å². The quantitative estimate of drug-likeness (QED) is 0.795. The summed E-state index contributed by atoms with van der Waals surface area (Å²) in [6, 6.07) is 4.42. The van der Waals surface area contributed by atoms with Gasteiger partial charge in [-0.25, -0.2) is 4.39 Å². The summed E-state index contributed by atoms with van der Waals surface area (Å²) in [5.74, 6) is 4.93. The third-order valence-corrected chi connectivity index (χ3v) is 3.75. The van der Waals surface area contributed by atoms with Gasteiger partial charge in [-0.3, -0.25) is 9.69 Å². The van der Waals surface area contributed by atoms with Gasteiger partial charge in [0, 0.05) is 25.2 Å². The molecule has 1 heterocycles. The molecule has 2 rings (SSSR count). The molecule has 0 aliphatic carbocycles. The van der Waals surface area contributed by atoms with Crippen LogP contribution in [0.5, 0.6) is 0 Å². The predicted octanol–water partition coefficient (Wildman–Crippen LogP) is 0.880. The summed E-state index contributed by atoms with van der Waals surface area (Å²) in [5.41, 5.74) is 0.778. The van der Waals surface area contributed by atoms with Gasteiger partial charge >= 0.3 is 0 Å². The van der Waals surface area contributed by atoms with Gasteiger partial charge in [0.1, 0.15) is 12.4 Å². The van der Waals surface area contributed by atoms with E-state index in [0.717, 1.165) is 12.1 Å². The lowest BCUT2D eigenvalue weighted by molar-refractivity contribution is -0.135. The third-order valence-electron chi connectivity index (χ3n) is 3.75. The van der Waals surface area contributed by atoms with Crippen molar-refractivity contribution in [3.05, 3.63) is 35.1 Å². The molecule has 112 valence electrons. The standard InChI is InChI=1S/C16H19FN2O2/c1-16(2)15(21)18-7-8-19(16)11-13-5-6-14(17)10-12(13)4-3-9-20/h5-6,10,20H,7-9,11H2,1-2H3,(H,18,21). The molecule has 4 nitrogen and oxygen atoms in total. The number of benzene rings is 1. The minimum Gasteiger partial charge on any atom is -0.384 e. The number of hydrogen-bond acceptors (Lipinski definition) is 3. The minimum atomic E-state index is -0.617. The van der Waals surface area contributed by atoms with Crippen molar-refractivity contribution in [3.8, 4) is 11.8 Å². The van der Waals surface area contributed by atoms with Crippen LogP contribution in [0.4, 0.5) is 4.39 Å². The van der Waals surface area contributed by atoms with Crippen molar-refractivity contribution in [2.24, 2.45) is 0 Å². The highest BCUT2D eigenvalue weighted by atomic mass is 19.1. The molecule has 21 heavy (non-hydrogen) atoms. The van der Waals surface area contributed by atoms with Crippen LogP contribution in [0.15, 0.2) is 18.2 Å². The van der Waals surface area contributed by atoms with E-state index in [1.807, 2.05) is 18.7 Å². The fourth-order valence-corrected chi connectivity index (χ4v) is 2.36. The summed E-state index contributed by atoms with van der Waals surface area (Å²) >= 11 is 0. The third kappa shape index (κ3) is 3.41. The number of carbonyl (C=O) groups excluding carboxylic acids is 1. The Hall–Kier alpha value is -1.90. The van der Waals surface area contributed by atoms with E-state index in [2.05, 4.69) is 17.2 Å². The maximum atomic E-state index is 13.4. The maximum absolute atomic E-state index is 13.4. The first-order chi connectivity index (χ1) is 9.95. The molecule has 0 radical (unpaired) electrons. The monoisotopic (exact) mass is 290 g/mol. The van der Waals surface area contributed by atoms with Gasteiger partial charge in [-0.05, 0) is 31.5 Å². The van der Waals surface area contributed by atoms with Crippen molar-refractivity contribution >= 4 is 5.91 Å². The molecule has 5 heteroatoms. The molecule has 1 aliphatic heterocycles. The minimum absolute atomic E-state index is 0.0149. The van der Waals surface area contributed by atoms with Crippen LogP contribution in [0.2, 0.25) is 0 Å². The Labute approximate surface area is 124 Å². The van der Waals surface area contributed by atoms with E-state index in [9.17, 15) is 9.18 Å². The van der Waals surface area contributed by atoms with Gasteiger partial charge in [-0.15, -0.1) is 0 Å². The molecule has 1 aromatic rings. The molecular weight excluding hydrogens is 271 g/mol. The van der Waals surface area contributed by atoms with E-state index < -0.39 is 5.54 Å². The molecule has 1 aliphatic rings. The molecule has 0 bridgehead atoms. The average molecular weight is 290 g/mol. The number of piperazine rings is 1. The molecule has 2 N–H and O–H groups in total. The number of amides is 1. The highest BCUT2D eigenvalue weighted by Gasteiger charge is 2.37. The molecule has 1 fully saturated rings. The van der Waals surface area contributed by atoms with Crippen LogP contribution in [0.1, 0.15) is 25.0 Å². The van der Waals surface area contributed by atoms with Gasteiger partial charge in [-0.1, -0.05) is 17.9 Å². The van der Waals surface area contributed by atoms with E-state index in [1.165, 1.54) is 12.1 Å². The number of nitrogens with one attached hydrogen (secondary N) is 1. The zero-order valence-electron chi connectivity index (χ0n) is 12.2. The topological polar surface area (TPSA) is 52.6 Å². The van der Waals surface area contributed by atoms with Gasteiger partial charge in [0.2, 0.25) is 5.91 Å². The largest absolute Gasteiger partial charge is 0.384 e.